The molecule has 3 atom stereocenters. The monoisotopic (exact) mass is 810 g/mol. The fourth-order valence-corrected chi connectivity index (χ4v) is 7.02. The Balaban J connectivity index is 4.34. The third-order valence-corrected chi connectivity index (χ3v) is 11.0. The summed E-state index contributed by atoms with van der Waals surface area (Å²) < 4.78 is 23.5. The fourth-order valence-electron chi connectivity index (χ4n) is 6.29. The summed E-state index contributed by atoms with van der Waals surface area (Å²) in [4.78, 5) is 23.1. The molecule has 0 aromatic heterocycles. The Morgan fingerprint density at radius 2 is 1.00 bits per heavy atom. The predicted molar refractivity (Wildman–Crippen MR) is 240 cm³/mol. The third kappa shape index (κ3) is 40.6. The number of hydrogen-bond acceptors (Lipinski definition) is 5. The second-order valence-corrected chi connectivity index (χ2v) is 18.2. The number of rotatable bonds is 41. The molecule has 9 heteroatoms. The Kier molecular flexibility index (Phi) is 37.9. The van der Waals surface area contributed by atoms with Crippen LogP contribution >= 0.6 is 7.82 Å². The largest absolute Gasteiger partial charge is 0.472 e. The molecule has 1 amide bonds. The number of hydrogen-bond donors (Lipinski definition) is 3. The van der Waals surface area contributed by atoms with E-state index >= 15 is 0 Å². The molecule has 0 saturated heterocycles. The summed E-state index contributed by atoms with van der Waals surface area (Å²) in [6.45, 7) is 4.73. The molecule has 56 heavy (non-hydrogen) atoms. The van der Waals surface area contributed by atoms with Crippen molar-refractivity contribution in [3.05, 3.63) is 48.6 Å². The highest BCUT2D eigenvalue weighted by Crippen LogP contribution is 2.43. The molecule has 3 N–H and O–H groups in total. The van der Waals surface area contributed by atoms with Gasteiger partial charge in [0.15, 0.2) is 0 Å². The summed E-state index contributed by atoms with van der Waals surface area (Å²) in [5.74, 6) is -0.198. The Hall–Kier alpha value is -1.54. The van der Waals surface area contributed by atoms with Crippen LogP contribution in [-0.2, 0) is 18.4 Å². The molecule has 8 nitrogen and oxygen atoms in total. The molecule has 0 radical (unpaired) electrons. The average molecular weight is 810 g/mol. The van der Waals surface area contributed by atoms with Crippen LogP contribution in [0, 0.1) is 0 Å². The second-order valence-electron chi connectivity index (χ2n) is 16.8. The molecular formula is C47H90N2O6P+. The van der Waals surface area contributed by atoms with Crippen molar-refractivity contribution in [1.29, 1.82) is 0 Å². The first-order valence-electron chi connectivity index (χ1n) is 23.0. The Morgan fingerprint density at radius 3 is 1.48 bits per heavy atom. The molecule has 0 spiro atoms. The van der Waals surface area contributed by atoms with Gasteiger partial charge in [-0.3, -0.25) is 13.8 Å². The molecule has 0 heterocycles. The van der Waals surface area contributed by atoms with E-state index in [1.54, 1.807) is 6.08 Å². The zero-order valence-electron chi connectivity index (χ0n) is 37.1. The number of carbonyl (C=O) groups is 1. The van der Waals surface area contributed by atoms with Crippen LogP contribution in [0.3, 0.4) is 0 Å². The van der Waals surface area contributed by atoms with Crippen molar-refractivity contribution in [3.63, 3.8) is 0 Å². The zero-order chi connectivity index (χ0) is 41.4. The van der Waals surface area contributed by atoms with Gasteiger partial charge in [0.2, 0.25) is 5.91 Å². The average Bonchev–Trinajstić information content (AvgIpc) is 3.15. The molecule has 0 fully saturated rings. The van der Waals surface area contributed by atoms with Crippen LogP contribution in [0.4, 0.5) is 0 Å². The van der Waals surface area contributed by atoms with Crippen LogP contribution in [0.25, 0.3) is 0 Å². The molecule has 0 aromatic carbocycles. The summed E-state index contributed by atoms with van der Waals surface area (Å²) in [5, 5.41) is 13.8. The van der Waals surface area contributed by atoms with E-state index in [2.05, 4.69) is 55.6 Å². The van der Waals surface area contributed by atoms with E-state index in [-0.39, 0.29) is 19.1 Å². The van der Waals surface area contributed by atoms with Gasteiger partial charge in [0.1, 0.15) is 13.2 Å². The lowest BCUT2D eigenvalue weighted by Gasteiger charge is -2.25. The smallest absolute Gasteiger partial charge is 0.387 e. The lowest BCUT2D eigenvalue weighted by Crippen LogP contribution is -2.45. The number of aliphatic hydroxyl groups excluding tert-OH is 1. The third-order valence-electron chi connectivity index (χ3n) is 10.00. The summed E-state index contributed by atoms with van der Waals surface area (Å²) in [6.07, 6.45) is 49.1. The number of carbonyl (C=O) groups excluding carboxylic acids is 1. The predicted octanol–water partition coefficient (Wildman–Crippen LogP) is 12.9. The fraction of sp³-hybridized carbons (Fsp3) is 0.809. The minimum absolute atomic E-state index is 0.0516. The highest BCUT2D eigenvalue weighted by Gasteiger charge is 2.27. The van der Waals surface area contributed by atoms with E-state index in [4.69, 9.17) is 9.05 Å². The van der Waals surface area contributed by atoms with Gasteiger partial charge >= 0.3 is 7.82 Å². The van der Waals surface area contributed by atoms with Crippen molar-refractivity contribution in [1.82, 2.24) is 5.32 Å². The summed E-state index contributed by atoms with van der Waals surface area (Å²) in [5.41, 5.74) is 0. The quantitative estimate of drug-likeness (QED) is 0.0246. The normalized spacial score (nSPS) is 14.8. The van der Waals surface area contributed by atoms with Crippen molar-refractivity contribution in [3.8, 4) is 0 Å². The van der Waals surface area contributed by atoms with Gasteiger partial charge in [-0.05, 0) is 64.2 Å². The number of nitrogens with one attached hydrogen (secondary N) is 1. The molecule has 0 aliphatic carbocycles. The maximum atomic E-state index is 12.9. The van der Waals surface area contributed by atoms with Crippen LogP contribution in [0.1, 0.15) is 194 Å². The molecule has 0 saturated carbocycles. The first-order chi connectivity index (χ1) is 27.0. The second kappa shape index (κ2) is 38.9. The number of allylic oxidation sites excluding steroid dienone is 7. The lowest BCUT2D eigenvalue weighted by atomic mass is 10.0. The number of phosphoric acid groups is 1. The first-order valence-corrected chi connectivity index (χ1v) is 24.5. The minimum atomic E-state index is -4.35. The highest BCUT2D eigenvalue weighted by atomic mass is 31.2. The van der Waals surface area contributed by atoms with E-state index in [9.17, 15) is 19.4 Å². The topological polar surface area (TPSA) is 105 Å². The Morgan fingerprint density at radius 1 is 0.589 bits per heavy atom. The van der Waals surface area contributed by atoms with E-state index < -0.39 is 20.0 Å². The van der Waals surface area contributed by atoms with Crippen molar-refractivity contribution in [2.24, 2.45) is 0 Å². The molecule has 0 aliphatic heterocycles. The minimum Gasteiger partial charge on any atom is -0.387 e. The SMILES string of the molecule is CCCC/C=C/CC/C=C/CC/C=C/C(O)C(COP(=O)(O)OCC[N+](C)(C)C)NC(=O)CCCCCCCCC/C=C\CCCCCCCCCCCCC. The van der Waals surface area contributed by atoms with Crippen molar-refractivity contribution in [2.45, 2.75) is 206 Å². The number of quaternary nitrogens is 1. The van der Waals surface area contributed by atoms with Crippen molar-refractivity contribution >= 4 is 13.7 Å². The highest BCUT2D eigenvalue weighted by molar-refractivity contribution is 7.47. The molecular weight excluding hydrogens is 719 g/mol. The summed E-state index contributed by atoms with van der Waals surface area (Å²) >= 11 is 0. The van der Waals surface area contributed by atoms with Crippen molar-refractivity contribution in [2.75, 3.05) is 40.9 Å². The van der Waals surface area contributed by atoms with E-state index in [0.29, 0.717) is 17.4 Å². The maximum Gasteiger partial charge on any atom is 0.472 e. The van der Waals surface area contributed by atoms with Gasteiger partial charge in [-0.15, -0.1) is 0 Å². The standard InChI is InChI=1S/C47H89N2O6P/c1-6-8-10-12-14-16-18-20-21-22-23-24-25-26-27-28-29-31-33-35-37-39-41-47(51)48-45(44-55-56(52,53)54-43-42-49(3,4)5)46(50)40-38-36-34-32-30-19-17-15-13-11-9-7-2/h13,15,25-26,30,32,38,40,45-46,50H,6-12,14,16-24,27-29,31,33-37,39,41-44H2,1-5H3,(H-,48,51,52,53)/p+1/b15-13+,26-25-,32-30+,40-38+. The number of amides is 1. The van der Waals surface area contributed by atoms with E-state index in [1.807, 2.05) is 27.2 Å². The van der Waals surface area contributed by atoms with Crippen LogP contribution in [0.2, 0.25) is 0 Å². The molecule has 0 aromatic rings. The molecule has 0 rings (SSSR count). The van der Waals surface area contributed by atoms with Gasteiger partial charge in [0, 0.05) is 6.42 Å². The van der Waals surface area contributed by atoms with Gasteiger partial charge in [-0.25, -0.2) is 4.57 Å². The van der Waals surface area contributed by atoms with E-state index in [1.165, 1.54) is 122 Å². The Labute approximate surface area is 346 Å². The number of nitrogens with zero attached hydrogens (tertiary/aromatic N) is 1. The zero-order valence-corrected chi connectivity index (χ0v) is 38.0. The number of unbranched alkanes of at least 4 members (excludes halogenated alkanes) is 22. The molecule has 0 aliphatic rings. The van der Waals surface area contributed by atoms with Gasteiger partial charge in [0.05, 0.1) is 39.9 Å². The first kappa shape index (κ1) is 54.5. The number of likely N-dealkylation sites (N-methyl/N-ethyl adjacent to an activating group) is 1. The van der Waals surface area contributed by atoms with Gasteiger partial charge in [-0.1, -0.05) is 172 Å². The van der Waals surface area contributed by atoms with Crippen LogP contribution in [0.5, 0.6) is 0 Å². The Bertz CT molecular complexity index is 1050. The van der Waals surface area contributed by atoms with Crippen LogP contribution < -0.4 is 5.32 Å². The number of phosphoric ester groups is 1. The van der Waals surface area contributed by atoms with Gasteiger partial charge in [0.25, 0.3) is 0 Å². The number of aliphatic hydroxyl groups is 1. The van der Waals surface area contributed by atoms with Gasteiger partial charge in [-0.2, -0.15) is 0 Å². The van der Waals surface area contributed by atoms with Crippen LogP contribution in [0.15, 0.2) is 48.6 Å². The van der Waals surface area contributed by atoms with Crippen molar-refractivity contribution < 1.29 is 32.9 Å². The molecule has 328 valence electrons. The maximum absolute atomic E-state index is 12.9. The summed E-state index contributed by atoms with van der Waals surface area (Å²) in [7, 11) is 1.54. The van der Waals surface area contributed by atoms with Crippen LogP contribution in [-0.4, -0.2) is 73.4 Å². The lowest BCUT2D eigenvalue weighted by molar-refractivity contribution is -0.870. The van der Waals surface area contributed by atoms with Gasteiger partial charge < -0.3 is 19.8 Å². The summed E-state index contributed by atoms with van der Waals surface area (Å²) in [6, 6.07) is -0.870. The van der Waals surface area contributed by atoms with E-state index in [0.717, 1.165) is 51.4 Å². The molecule has 3 unspecified atom stereocenters. The molecule has 0 bridgehead atoms.